The van der Waals surface area contributed by atoms with Gasteiger partial charge in [0.05, 0.1) is 18.5 Å². The Morgan fingerprint density at radius 3 is 2.90 bits per heavy atom. The lowest BCUT2D eigenvalue weighted by atomic mass is 10.0. The normalized spacial score (nSPS) is 18.5. The summed E-state index contributed by atoms with van der Waals surface area (Å²) in [6, 6.07) is 6.94. The van der Waals surface area contributed by atoms with E-state index in [1.54, 1.807) is 24.3 Å². The highest BCUT2D eigenvalue weighted by molar-refractivity contribution is 7.16. The van der Waals surface area contributed by atoms with Gasteiger partial charge in [0.1, 0.15) is 0 Å². The Labute approximate surface area is 118 Å². The van der Waals surface area contributed by atoms with Crippen LogP contribution in [0.15, 0.2) is 33.9 Å². The van der Waals surface area contributed by atoms with Gasteiger partial charge in [-0.1, -0.05) is 23.5 Å². The molecule has 0 radical (unpaired) electrons. The van der Waals surface area contributed by atoms with E-state index in [1.165, 1.54) is 0 Å². The fraction of sp³-hybridized carbons (Fsp3) is 0.357. The van der Waals surface area contributed by atoms with Crippen LogP contribution in [0.25, 0.3) is 10.1 Å². The first-order valence-electron chi connectivity index (χ1n) is 6.40. The number of hydrogen-bond acceptors (Lipinski definition) is 5. The van der Waals surface area contributed by atoms with Gasteiger partial charge in [-0.15, -0.1) is 0 Å². The lowest BCUT2D eigenvalue weighted by Gasteiger charge is -2.08. The molecule has 3 rings (SSSR count). The maximum atomic E-state index is 12.3. The zero-order valence-corrected chi connectivity index (χ0v) is 11.5. The Hall–Kier alpha value is -1.79. The first-order valence-corrected chi connectivity index (χ1v) is 7.21. The van der Waals surface area contributed by atoms with Crippen molar-refractivity contribution in [3.05, 3.63) is 44.3 Å². The van der Waals surface area contributed by atoms with Crippen molar-refractivity contribution in [2.45, 2.75) is 13.0 Å². The second-order valence-corrected chi connectivity index (χ2v) is 5.78. The lowest BCUT2D eigenvalue weighted by molar-refractivity contribution is -0.123. The van der Waals surface area contributed by atoms with E-state index in [2.05, 4.69) is 0 Å². The van der Waals surface area contributed by atoms with Gasteiger partial charge in [0.2, 0.25) is 0 Å². The van der Waals surface area contributed by atoms with Gasteiger partial charge >= 0.3 is 4.87 Å². The quantitative estimate of drug-likeness (QED) is 0.847. The van der Waals surface area contributed by atoms with Gasteiger partial charge < -0.3 is 4.74 Å². The fourth-order valence-corrected chi connectivity index (χ4v) is 3.18. The van der Waals surface area contributed by atoms with Crippen molar-refractivity contribution in [1.82, 2.24) is 4.57 Å². The second kappa shape index (κ2) is 5.30. The number of hydrogen-bond donors (Lipinski definition) is 0. The average Bonchev–Trinajstić information content (AvgIpc) is 2.97. The molecule has 20 heavy (non-hydrogen) atoms. The first-order chi connectivity index (χ1) is 9.66. The second-order valence-electron chi connectivity index (χ2n) is 4.78. The molecular formula is C14H13NO4S. The molecule has 0 spiro atoms. The maximum Gasteiger partial charge on any atom is 0.310 e. The minimum absolute atomic E-state index is 0.107. The topological polar surface area (TPSA) is 65.4 Å². The number of nitrogens with zero attached hydrogens (tertiary/aromatic N) is 1. The number of fused-ring (bicyclic) bond motifs is 1. The van der Waals surface area contributed by atoms with Crippen LogP contribution in [0.2, 0.25) is 0 Å². The van der Waals surface area contributed by atoms with Gasteiger partial charge in [-0.25, -0.2) is 0 Å². The van der Waals surface area contributed by atoms with Crippen LogP contribution in [0, 0.1) is 5.92 Å². The van der Waals surface area contributed by atoms with Crippen molar-refractivity contribution in [2.24, 2.45) is 5.92 Å². The fourth-order valence-electron chi connectivity index (χ4n) is 2.32. The number of benzene rings is 1. The van der Waals surface area contributed by atoms with E-state index in [1.807, 2.05) is 0 Å². The molecule has 1 fully saturated rings. The zero-order chi connectivity index (χ0) is 14.1. The molecule has 0 bridgehead atoms. The maximum absolute atomic E-state index is 12.3. The molecule has 1 unspecified atom stereocenters. The summed E-state index contributed by atoms with van der Waals surface area (Å²) in [5, 5.41) is 0.479. The molecule has 2 heterocycles. The molecule has 1 aliphatic heterocycles. The molecular weight excluding hydrogens is 278 g/mol. The van der Waals surface area contributed by atoms with E-state index in [-0.39, 0.29) is 23.1 Å². The largest absolute Gasteiger partial charge is 0.381 e. The van der Waals surface area contributed by atoms with Gasteiger partial charge in [0.15, 0.2) is 5.78 Å². The third-order valence-electron chi connectivity index (χ3n) is 3.48. The highest BCUT2D eigenvalue weighted by Gasteiger charge is 2.24. The molecule has 0 saturated carbocycles. The van der Waals surface area contributed by atoms with E-state index < -0.39 is 5.56 Å². The van der Waals surface area contributed by atoms with Crippen LogP contribution >= 0.6 is 11.3 Å². The van der Waals surface area contributed by atoms with Gasteiger partial charge in [-0.05, 0) is 18.6 Å². The van der Waals surface area contributed by atoms with Gasteiger partial charge in [-0.3, -0.25) is 19.0 Å². The predicted octanol–water partition coefficient (Wildman–Crippen LogP) is 1.03. The Bertz CT molecular complexity index is 771. The SMILES string of the molecule is O=C(Cn1c(=O)sc2ccccc2c1=O)C1CCOC1. The summed E-state index contributed by atoms with van der Waals surface area (Å²) in [6.07, 6.45) is 0.665. The summed E-state index contributed by atoms with van der Waals surface area (Å²) >= 11 is 0.991. The first kappa shape index (κ1) is 13.2. The van der Waals surface area contributed by atoms with Crippen LogP contribution in [-0.2, 0) is 16.1 Å². The van der Waals surface area contributed by atoms with Crippen LogP contribution in [0.1, 0.15) is 6.42 Å². The molecule has 0 amide bonds. The van der Waals surface area contributed by atoms with Crippen LogP contribution in [-0.4, -0.2) is 23.6 Å². The molecule has 5 nitrogen and oxygen atoms in total. The molecule has 104 valence electrons. The van der Waals surface area contributed by atoms with E-state index in [9.17, 15) is 14.4 Å². The zero-order valence-electron chi connectivity index (χ0n) is 10.7. The standard InChI is InChI=1S/C14H13NO4S/c16-11(9-5-6-19-8-9)7-15-13(17)10-3-1-2-4-12(10)20-14(15)18/h1-4,9H,5-8H2. The summed E-state index contributed by atoms with van der Waals surface area (Å²) < 4.78 is 6.85. The Morgan fingerprint density at radius 2 is 2.15 bits per heavy atom. The summed E-state index contributed by atoms with van der Waals surface area (Å²) in [7, 11) is 0. The minimum atomic E-state index is -0.392. The van der Waals surface area contributed by atoms with Gasteiger partial charge in [0, 0.05) is 17.2 Å². The number of aromatic nitrogens is 1. The third kappa shape index (κ3) is 2.32. The number of carbonyl (C=O) groups is 1. The van der Waals surface area contributed by atoms with Gasteiger partial charge in [0.25, 0.3) is 5.56 Å². The summed E-state index contributed by atoms with van der Waals surface area (Å²) in [6.45, 7) is 0.793. The lowest BCUT2D eigenvalue weighted by Crippen LogP contribution is -2.35. The van der Waals surface area contributed by atoms with Crippen LogP contribution in [0.4, 0.5) is 0 Å². The summed E-state index contributed by atoms with van der Waals surface area (Å²) in [4.78, 5) is 36.0. The number of carbonyl (C=O) groups excluding carboxylic acids is 1. The molecule has 1 atom stereocenters. The van der Waals surface area contributed by atoms with Crippen molar-refractivity contribution < 1.29 is 9.53 Å². The van der Waals surface area contributed by atoms with Gasteiger partial charge in [-0.2, -0.15) is 0 Å². The van der Waals surface area contributed by atoms with E-state index in [0.717, 1.165) is 15.9 Å². The van der Waals surface area contributed by atoms with E-state index in [0.29, 0.717) is 29.7 Å². The molecule has 0 aliphatic carbocycles. The Kier molecular flexibility index (Phi) is 3.50. The number of rotatable bonds is 3. The highest BCUT2D eigenvalue weighted by atomic mass is 32.1. The molecule has 6 heteroatoms. The Morgan fingerprint density at radius 1 is 1.35 bits per heavy atom. The highest BCUT2D eigenvalue weighted by Crippen LogP contribution is 2.15. The molecule has 0 N–H and O–H groups in total. The number of ketones is 1. The average molecular weight is 291 g/mol. The van der Waals surface area contributed by atoms with Crippen molar-refractivity contribution in [1.29, 1.82) is 0 Å². The molecule has 1 aliphatic rings. The Balaban J connectivity index is 2.01. The van der Waals surface area contributed by atoms with Crippen molar-refractivity contribution in [2.75, 3.05) is 13.2 Å². The van der Waals surface area contributed by atoms with Crippen LogP contribution in [0.5, 0.6) is 0 Å². The molecule has 2 aromatic rings. The van der Waals surface area contributed by atoms with Crippen molar-refractivity contribution >= 4 is 27.2 Å². The monoisotopic (exact) mass is 291 g/mol. The predicted molar refractivity (Wildman–Crippen MR) is 76.3 cm³/mol. The van der Waals surface area contributed by atoms with Crippen molar-refractivity contribution in [3.63, 3.8) is 0 Å². The summed E-state index contributed by atoms with van der Waals surface area (Å²) in [5.74, 6) is -0.304. The number of ether oxygens (including phenoxy) is 1. The number of Topliss-reactive ketones (excluding diaryl/α,β-unsaturated/α-hetero) is 1. The molecule has 1 saturated heterocycles. The van der Waals surface area contributed by atoms with E-state index in [4.69, 9.17) is 4.74 Å². The van der Waals surface area contributed by atoms with Crippen LogP contribution < -0.4 is 10.4 Å². The minimum Gasteiger partial charge on any atom is -0.381 e. The van der Waals surface area contributed by atoms with Crippen LogP contribution in [0.3, 0.4) is 0 Å². The van der Waals surface area contributed by atoms with E-state index >= 15 is 0 Å². The molecule has 1 aromatic heterocycles. The third-order valence-corrected chi connectivity index (χ3v) is 4.45. The molecule has 1 aromatic carbocycles. The smallest absolute Gasteiger partial charge is 0.310 e. The van der Waals surface area contributed by atoms with Crippen molar-refractivity contribution in [3.8, 4) is 0 Å². The summed E-state index contributed by atoms with van der Waals surface area (Å²) in [5.41, 5.74) is -0.392.